The zero-order valence-corrected chi connectivity index (χ0v) is 22.4. The highest BCUT2D eigenvalue weighted by atomic mass is 16.6. The third-order valence-electron chi connectivity index (χ3n) is 5.74. The molecule has 0 N–H and O–H groups in total. The molecule has 7 heteroatoms. The van der Waals surface area contributed by atoms with Crippen molar-refractivity contribution in [2.75, 3.05) is 65.6 Å². The lowest BCUT2D eigenvalue weighted by molar-refractivity contribution is -0.175. The lowest BCUT2D eigenvalue weighted by atomic mass is 9.92. The number of ether oxygens (including phenoxy) is 2. The normalized spacial score (nSPS) is 11.9. The van der Waals surface area contributed by atoms with Crippen LogP contribution in [0.15, 0.2) is 12.7 Å². The molecule has 0 aliphatic carbocycles. The van der Waals surface area contributed by atoms with Gasteiger partial charge in [0.05, 0.1) is 13.2 Å². The van der Waals surface area contributed by atoms with Gasteiger partial charge in [0.25, 0.3) is 0 Å². The maximum Gasteiger partial charge on any atom is 0.338 e. The van der Waals surface area contributed by atoms with Crippen LogP contribution in [0.5, 0.6) is 0 Å². The monoisotopic (exact) mass is 469 g/mol. The molecule has 0 unspecified atom stereocenters. The van der Waals surface area contributed by atoms with Crippen LogP contribution in [0.1, 0.15) is 73.6 Å². The highest BCUT2D eigenvalue weighted by Crippen LogP contribution is 2.26. The van der Waals surface area contributed by atoms with Crippen molar-refractivity contribution < 1.29 is 19.1 Å². The first kappa shape index (κ1) is 31.6. The van der Waals surface area contributed by atoms with Crippen LogP contribution in [0.3, 0.4) is 0 Å². The van der Waals surface area contributed by atoms with E-state index in [-0.39, 0.29) is 19.6 Å². The number of carbonyl (C=O) groups is 2. The third kappa shape index (κ3) is 10.6. The van der Waals surface area contributed by atoms with Gasteiger partial charge in [-0.3, -0.25) is 4.90 Å². The van der Waals surface area contributed by atoms with Gasteiger partial charge in [-0.25, -0.2) is 9.59 Å². The lowest BCUT2D eigenvalue weighted by Crippen LogP contribution is -2.62. The lowest BCUT2D eigenvalue weighted by Gasteiger charge is -2.40. The summed E-state index contributed by atoms with van der Waals surface area (Å²) in [5.41, 5.74) is -1.49. The first-order valence-electron chi connectivity index (χ1n) is 13.1. The molecule has 0 aliphatic heterocycles. The fraction of sp³-hybridized carbons (Fsp3) is 0.846. The van der Waals surface area contributed by atoms with Crippen LogP contribution < -0.4 is 0 Å². The van der Waals surface area contributed by atoms with E-state index in [4.69, 9.17) is 9.47 Å². The zero-order chi connectivity index (χ0) is 25.1. The Balaban J connectivity index is 5.70. The molecule has 0 amide bonds. The van der Waals surface area contributed by atoms with E-state index in [2.05, 4.69) is 44.1 Å². The predicted molar refractivity (Wildman–Crippen MR) is 136 cm³/mol. The van der Waals surface area contributed by atoms with Crippen molar-refractivity contribution in [3.63, 3.8) is 0 Å². The first-order valence-corrected chi connectivity index (χ1v) is 13.1. The van der Waals surface area contributed by atoms with Gasteiger partial charge in [-0.05, 0) is 65.7 Å². The molecule has 0 fully saturated rings. The first-order chi connectivity index (χ1) is 15.9. The van der Waals surface area contributed by atoms with Crippen LogP contribution in [0, 0.1) is 0 Å². The largest absolute Gasteiger partial charge is 0.464 e. The Morgan fingerprint density at radius 3 is 1.42 bits per heavy atom. The average Bonchev–Trinajstić information content (AvgIpc) is 2.78. The second-order valence-electron chi connectivity index (χ2n) is 8.46. The summed E-state index contributed by atoms with van der Waals surface area (Å²) in [6, 6.07) is 0. The van der Waals surface area contributed by atoms with Crippen molar-refractivity contribution in [2.45, 2.75) is 79.2 Å². The molecule has 0 aromatic heterocycles. The van der Waals surface area contributed by atoms with E-state index in [1.54, 1.807) is 19.9 Å². The van der Waals surface area contributed by atoms with Gasteiger partial charge < -0.3 is 19.3 Å². The Labute approximate surface area is 203 Å². The number of carbonyl (C=O) groups excluding carboxylic acids is 2. The van der Waals surface area contributed by atoms with Gasteiger partial charge in [-0.15, -0.1) is 6.58 Å². The highest BCUT2D eigenvalue weighted by molar-refractivity contribution is 6.05. The molecule has 194 valence electrons. The Bertz CT molecular complexity index is 518. The molecule has 0 heterocycles. The SMILES string of the molecule is C=CCC(C(=O)OCC)(C(=O)OCC)N(CCC)CCN(CCC)CCN(CCC)CCC. The fourth-order valence-electron chi connectivity index (χ4n) is 4.28. The Morgan fingerprint density at radius 1 is 0.667 bits per heavy atom. The van der Waals surface area contributed by atoms with E-state index in [9.17, 15) is 9.59 Å². The van der Waals surface area contributed by atoms with E-state index in [1.807, 2.05) is 4.90 Å². The van der Waals surface area contributed by atoms with Crippen LogP contribution >= 0.6 is 0 Å². The summed E-state index contributed by atoms with van der Waals surface area (Å²) >= 11 is 0. The Kier molecular flexibility index (Phi) is 18.1. The molecule has 33 heavy (non-hydrogen) atoms. The predicted octanol–water partition coefficient (Wildman–Crippen LogP) is 3.97. The van der Waals surface area contributed by atoms with Crippen molar-refractivity contribution >= 4 is 11.9 Å². The quantitative estimate of drug-likeness (QED) is 0.143. The second kappa shape index (κ2) is 18.9. The van der Waals surface area contributed by atoms with E-state index in [0.717, 1.165) is 65.0 Å². The Morgan fingerprint density at radius 2 is 1.06 bits per heavy atom. The van der Waals surface area contributed by atoms with E-state index in [1.165, 1.54) is 0 Å². The zero-order valence-electron chi connectivity index (χ0n) is 22.4. The summed E-state index contributed by atoms with van der Waals surface area (Å²) in [6.07, 6.45) is 5.96. The smallest absolute Gasteiger partial charge is 0.338 e. The van der Waals surface area contributed by atoms with Gasteiger partial charge in [0.15, 0.2) is 0 Å². The number of nitrogens with zero attached hydrogens (tertiary/aromatic N) is 3. The molecule has 0 bridgehead atoms. The van der Waals surface area contributed by atoms with E-state index < -0.39 is 17.5 Å². The minimum atomic E-state index is -1.49. The van der Waals surface area contributed by atoms with Crippen molar-refractivity contribution in [3.8, 4) is 0 Å². The van der Waals surface area contributed by atoms with Crippen LogP contribution in [0.2, 0.25) is 0 Å². The molecule has 0 radical (unpaired) electrons. The summed E-state index contributed by atoms with van der Waals surface area (Å²) in [5.74, 6) is -1.09. The van der Waals surface area contributed by atoms with Crippen LogP contribution in [-0.4, -0.2) is 97.7 Å². The number of hydrogen-bond acceptors (Lipinski definition) is 7. The fourth-order valence-corrected chi connectivity index (χ4v) is 4.28. The maximum atomic E-state index is 13.2. The van der Waals surface area contributed by atoms with E-state index in [0.29, 0.717) is 13.1 Å². The summed E-state index contributed by atoms with van der Waals surface area (Å²) < 4.78 is 10.8. The summed E-state index contributed by atoms with van der Waals surface area (Å²) in [7, 11) is 0. The molecule has 0 aromatic carbocycles. The molecule has 0 rings (SSSR count). The topological polar surface area (TPSA) is 62.3 Å². The number of rotatable bonds is 21. The molecular weight excluding hydrogens is 418 g/mol. The second-order valence-corrected chi connectivity index (χ2v) is 8.46. The van der Waals surface area contributed by atoms with Crippen LogP contribution in [-0.2, 0) is 19.1 Å². The van der Waals surface area contributed by atoms with Gasteiger partial charge in [0, 0.05) is 32.6 Å². The van der Waals surface area contributed by atoms with Crippen LogP contribution in [0.25, 0.3) is 0 Å². The molecule has 0 spiro atoms. The highest BCUT2D eigenvalue weighted by Gasteiger charge is 2.52. The van der Waals surface area contributed by atoms with Crippen LogP contribution in [0.4, 0.5) is 0 Å². The average molecular weight is 470 g/mol. The molecule has 0 aromatic rings. The minimum absolute atomic E-state index is 0.166. The Hall–Kier alpha value is -1.44. The molecule has 0 saturated carbocycles. The number of hydrogen-bond donors (Lipinski definition) is 0. The molecule has 0 aliphatic rings. The molecule has 7 nitrogen and oxygen atoms in total. The summed E-state index contributed by atoms with van der Waals surface area (Å²) in [4.78, 5) is 33.3. The maximum absolute atomic E-state index is 13.2. The van der Waals surface area contributed by atoms with Gasteiger partial charge in [0.1, 0.15) is 0 Å². The van der Waals surface area contributed by atoms with E-state index >= 15 is 0 Å². The third-order valence-corrected chi connectivity index (χ3v) is 5.74. The standard InChI is InChI=1S/C26H51N3O4/c1-8-15-26(24(30)32-13-6,25(31)33-14-7)29(19-12-5)23-22-28(18-11-4)21-20-27(16-9-2)17-10-3/h8H,1,9-23H2,2-7H3. The minimum Gasteiger partial charge on any atom is -0.464 e. The van der Waals surface area contributed by atoms with Crippen molar-refractivity contribution in [3.05, 3.63) is 12.7 Å². The van der Waals surface area contributed by atoms with Gasteiger partial charge in [-0.2, -0.15) is 0 Å². The molecule has 0 atom stereocenters. The van der Waals surface area contributed by atoms with Gasteiger partial charge in [0.2, 0.25) is 5.54 Å². The number of esters is 2. The summed E-state index contributed by atoms with van der Waals surface area (Å²) in [6.45, 7) is 23.6. The van der Waals surface area contributed by atoms with Crippen molar-refractivity contribution in [1.29, 1.82) is 0 Å². The summed E-state index contributed by atoms with van der Waals surface area (Å²) in [5, 5.41) is 0. The van der Waals surface area contributed by atoms with Gasteiger partial charge in [-0.1, -0.05) is 33.8 Å². The van der Waals surface area contributed by atoms with Crippen molar-refractivity contribution in [1.82, 2.24) is 14.7 Å². The van der Waals surface area contributed by atoms with Crippen molar-refractivity contribution in [2.24, 2.45) is 0 Å². The molecular formula is C26H51N3O4. The molecule has 0 saturated heterocycles. The van der Waals surface area contributed by atoms with Gasteiger partial charge >= 0.3 is 11.9 Å².